The number of aromatic nitrogens is 1. The van der Waals surface area contributed by atoms with Crippen molar-refractivity contribution in [2.75, 3.05) is 45.7 Å². The van der Waals surface area contributed by atoms with Gasteiger partial charge in [-0.05, 0) is 18.7 Å². The molecule has 1 aliphatic rings. The average Bonchev–Trinajstić information content (AvgIpc) is 2.89. The number of pyridine rings is 1. The van der Waals surface area contributed by atoms with Gasteiger partial charge in [0.05, 0.1) is 17.7 Å². The van der Waals surface area contributed by atoms with E-state index in [9.17, 15) is 4.79 Å². The predicted molar refractivity (Wildman–Crippen MR) is 82.7 cm³/mol. The fourth-order valence-corrected chi connectivity index (χ4v) is 2.52. The lowest BCUT2D eigenvalue weighted by Gasteiger charge is -2.18. The lowest BCUT2D eigenvalue weighted by molar-refractivity contribution is 0.0762. The first kappa shape index (κ1) is 15.7. The van der Waals surface area contributed by atoms with E-state index in [0.717, 1.165) is 25.5 Å². The van der Waals surface area contributed by atoms with Crippen molar-refractivity contribution in [2.45, 2.75) is 19.1 Å². The van der Waals surface area contributed by atoms with Gasteiger partial charge in [-0.1, -0.05) is 6.92 Å². The number of ether oxygens (including phenoxy) is 1. The largest absolute Gasteiger partial charge is 0.378 e. The molecule has 116 valence electrons. The molecule has 21 heavy (non-hydrogen) atoms. The molecule has 2 atom stereocenters. The Kier molecular flexibility index (Phi) is 5.14. The van der Waals surface area contributed by atoms with Crippen molar-refractivity contribution < 1.29 is 9.53 Å². The number of likely N-dealkylation sites (N-methyl/N-ethyl adjacent to an activating group) is 1. The molecule has 1 saturated heterocycles. The van der Waals surface area contributed by atoms with Crippen LogP contribution in [-0.2, 0) is 4.74 Å². The first-order chi connectivity index (χ1) is 10.0. The monoisotopic (exact) mass is 292 g/mol. The lowest BCUT2D eigenvalue weighted by Crippen LogP contribution is -2.43. The van der Waals surface area contributed by atoms with E-state index in [1.807, 2.05) is 25.1 Å². The number of hydrogen-bond acceptors (Lipinski definition) is 5. The highest BCUT2D eigenvalue weighted by atomic mass is 16.5. The Labute approximate surface area is 126 Å². The highest BCUT2D eigenvalue weighted by Gasteiger charge is 2.33. The summed E-state index contributed by atoms with van der Waals surface area (Å²) in [6, 6.07) is 3.66. The van der Waals surface area contributed by atoms with Gasteiger partial charge in [-0.2, -0.15) is 0 Å². The molecule has 1 amide bonds. The third-order valence-corrected chi connectivity index (χ3v) is 3.88. The van der Waals surface area contributed by atoms with E-state index in [0.29, 0.717) is 5.56 Å². The number of carbonyl (C=O) groups excluding carboxylic acids is 1. The standard InChI is InChI=1S/C15H24N4O2/c1-5-19-9-12(13(10-19)21-4)17-15(20)11-6-7-14(16-8-11)18(2)3/h6-8,12-13H,5,9-10H2,1-4H3,(H,17,20)/t12-,13-/m0/s1. The summed E-state index contributed by atoms with van der Waals surface area (Å²) in [5.41, 5.74) is 0.574. The molecule has 0 spiro atoms. The smallest absolute Gasteiger partial charge is 0.253 e. The Morgan fingerprint density at radius 3 is 2.76 bits per heavy atom. The lowest BCUT2D eigenvalue weighted by atomic mass is 10.2. The van der Waals surface area contributed by atoms with Gasteiger partial charge >= 0.3 is 0 Å². The maximum absolute atomic E-state index is 12.3. The molecule has 2 rings (SSSR count). The van der Waals surface area contributed by atoms with Crippen LogP contribution < -0.4 is 10.2 Å². The molecule has 0 aliphatic carbocycles. The van der Waals surface area contributed by atoms with Gasteiger partial charge in [0.1, 0.15) is 5.82 Å². The van der Waals surface area contributed by atoms with Gasteiger partial charge in [0.2, 0.25) is 0 Å². The summed E-state index contributed by atoms with van der Waals surface area (Å²) in [7, 11) is 5.53. The fraction of sp³-hybridized carbons (Fsp3) is 0.600. The first-order valence-electron chi connectivity index (χ1n) is 7.24. The van der Waals surface area contributed by atoms with Gasteiger partial charge in [0, 0.05) is 40.5 Å². The van der Waals surface area contributed by atoms with E-state index < -0.39 is 0 Å². The molecule has 1 aromatic heterocycles. The Balaban J connectivity index is 2.00. The number of anilines is 1. The van der Waals surface area contributed by atoms with Gasteiger partial charge < -0.3 is 15.0 Å². The van der Waals surface area contributed by atoms with Crippen LogP contribution in [0.2, 0.25) is 0 Å². The number of nitrogens with one attached hydrogen (secondary N) is 1. The minimum absolute atomic E-state index is 0.0241. The second kappa shape index (κ2) is 6.87. The van der Waals surface area contributed by atoms with Crippen LogP contribution >= 0.6 is 0 Å². The number of likely N-dealkylation sites (tertiary alicyclic amines) is 1. The summed E-state index contributed by atoms with van der Waals surface area (Å²) in [5, 5.41) is 3.05. The topological polar surface area (TPSA) is 57.7 Å². The van der Waals surface area contributed by atoms with Crippen molar-refractivity contribution in [3.05, 3.63) is 23.9 Å². The molecule has 0 unspecified atom stereocenters. The van der Waals surface area contributed by atoms with Crippen LogP contribution in [-0.4, -0.2) is 68.8 Å². The molecule has 0 aromatic carbocycles. The minimum atomic E-state index is -0.0993. The van der Waals surface area contributed by atoms with Crippen LogP contribution in [0.15, 0.2) is 18.3 Å². The zero-order chi connectivity index (χ0) is 15.4. The number of methoxy groups -OCH3 is 1. The fourth-order valence-electron chi connectivity index (χ4n) is 2.52. The number of amides is 1. The first-order valence-corrected chi connectivity index (χ1v) is 7.24. The Morgan fingerprint density at radius 1 is 1.48 bits per heavy atom. The number of carbonyl (C=O) groups is 1. The molecule has 0 radical (unpaired) electrons. The van der Waals surface area contributed by atoms with Crippen LogP contribution in [0.25, 0.3) is 0 Å². The molecule has 0 bridgehead atoms. The average molecular weight is 292 g/mol. The van der Waals surface area contributed by atoms with Crippen LogP contribution in [0.5, 0.6) is 0 Å². The van der Waals surface area contributed by atoms with E-state index >= 15 is 0 Å². The number of nitrogens with zero attached hydrogens (tertiary/aromatic N) is 3. The number of hydrogen-bond donors (Lipinski definition) is 1. The summed E-state index contributed by atoms with van der Waals surface area (Å²) in [6.45, 7) is 4.76. The van der Waals surface area contributed by atoms with E-state index in [-0.39, 0.29) is 18.1 Å². The van der Waals surface area contributed by atoms with Gasteiger partial charge in [-0.25, -0.2) is 4.98 Å². The summed E-state index contributed by atoms with van der Waals surface area (Å²) >= 11 is 0. The van der Waals surface area contributed by atoms with Gasteiger partial charge in [-0.15, -0.1) is 0 Å². The minimum Gasteiger partial charge on any atom is -0.378 e. The van der Waals surface area contributed by atoms with Crippen molar-refractivity contribution in [3.63, 3.8) is 0 Å². The second-order valence-electron chi connectivity index (χ2n) is 5.51. The summed E-state index contributed by atoms with van der Waals surface area (Å²) in [6.07, 6.45) is 1.65. The molecular weight excluding hydrogens is 268 g/mol. The van der Waals surface area contributed by atoms with Crippen molar-refractivity contribution in [1.29, 1.82) is 0 Å². The van der Waals surface area contributed by atoms with E-state index in [4.69, 9.17) is 4.74 Å². The van der Waals surface area contributed by atoms with Gasteiger partial charge in [0.15, 0.2) is 0 Å². The normalized spacial score (nSPS) is 22.3. The second-order valence-corrected chi connectivity index (χ2v) is 5.51. The van der Waals surface area contributed by atoms with Crippen molar-refractivity contribution >= 4 is 11.7 Å². The molecule has 1 aliphatic heterocycles. The van der Waals surface area contributed by atoms with Crippen molar-refractivity contribution in [1.82, 2.24) is 15.2 Å². The SMILES string of the molecule is CCN1C[C@H](NC(=O)c2ccc(N(C)C)nc2)[C@@H](OC)C1. The molecule has 1 N–H and O–H groups in total. The molecule has 1 fully saturated rings. The zero-order valence-corrected chi connectivity index (χ0v) is 13.2. The summed E-state index contributed by atoms with van der Waals surface area (Å²) in [4.78, 5) is 20.7. The molecule has 6 nitrogen and oxygen atoms in total. The van der Waals surface area contributed by atoms with E-state index in [1.54, 1.807) is 19.4 Å². The van der Waals surface area contributed by atoms with E-state index in [1.165, 1.54) is 0 Å². The maximum atomic E-state index is 12.3. The van der Waals surface area contributed by atoms with E-state index in [2.05, 4.69) is 22.1 Å². The van der Waals surface area contributed by atoms with Crippen molar-refractivity contribution in [2.24, 2.45) is 0 Å². The Bertz CT molecular complexity index is 475. The summed E-state index contributed by atoms with van der Waals surface area (Å²) < 4.78 is 5.46. The third-order valence-electron chi connectivity index (χ3n) is 3.88. The zero-order valence-electron chi connectivity index (χ0n) is 13.2. The molecule has 2 heterocycles. The highest BCUT2D eigenvalue weighted by molar-refractivity contribution is 5.94. The van der Waals surface area contributed by atoms with Crippen LogP contribution in [0, 0.1) is 0 Å². The third kappa shape index (κ3) is 3.71. The summed E-state index contributed by atoms with van der Waals surface area (Å²) in [5.74, 6) is 0.733. The molecule has 0 saturated carbocycles. The molecule has 1 aromatic rings. The number of rotatable bonds is 5. The molecule has 6 heteroatoms. The maximum Gasteiger partial charge on any atom is 0.253 e. The highest BCUT2D eigenvalue weighted by Crippen LogP contribution is 2.14. The predicted octanol–water partition coefficient (Wildman–Crippen LogP) is 0.596. The van der Waals surface area contributed by atoms with Crippen LogP contribution in [0.1, 0.15) is 17.3 Å². The quantitative estimate of drug-likeness (QED) is 0.861. The van der Waals surface area contributed by atoms with Gasteiger partial charge in [-0.3, -0.25) is 9.69 Å². The van der Waals surface area contributed by atoms with Crippen LogP contribution in [0.3, 0.4) is 0 Å². The van der Waals surface area contributed by atoms with Crippen LogP contribution in [0.4, 0.5) is 5.82 Å². The molecular formula is C15H24N4O2. The van der Waals surface area contributed by atoms with Crippen molar-refractivity contribution in [3.8, 4) is 0 Å². The van der Waals surface area contributed by atoms with Gasteiger partial charge in [0.25, 0.3) is 5.91 Å². The Hall–Kier alpha value is -1.66. The Morgan fingerprint density at radius 2 is 2.24 bits per heavy atom.